The van der Waals surface area contributed by atoms with Crippen LogP contribution >= 0.6 is 15.9 Å². The molecular weight excluding hydrogens is 332 g/mol. The van der Waals surface area contributed by atoms with Gasteiger partial charge in [-0.15, -0.1) is 0 Å². The second-order valence-electron chi connectivity index (χ2n) is 3.76. The molecule has 1 atom stereocenters. The molecule has 0 saturated heterocycles. The number of hydrogen-bond donors (Lipinski definition) is 1. The van der Waals surface area contributed by atoms with Gasteiger partial charge in [-0.05, 0) is 34.1 Å². The summed E-state index contributed by atoms with van der Waals surface area (Å²) in [6.07, 6.45) is -5.18. The van der Waals surface area contributed by atoms with Gasteiger partial charge in [0, 0.05) is 5.56 Å². The quantitative estimate of drug-likeness (QED) is 0.829. The Morgan fingerprint density at radius 1 is 1.21 bits per heavy atom. The number of benzene rings is 1. The Balaban J connectivity index is 2.54. The molecule has 0 aliphatic rings. The maximum atomic E-state index is 12.9. The van der Waals surface area contributed by atoms with Crippen molar-refractivity contribution in [1.29, 1.82) is 0 Å². The average Bonchev–Trinajstić information content (AvgIpc) is 2.73. The Morgan fingerprint density at radius 2 is 1.89 bits per heavy atom. The van der Waals surface area contributed by atoms with Crippen LogP contribution in [0.5, 0.6) is 0 Å². The average molecular weight is 339 g/mol. The summed E-state index contributed by atoms with van der Waals surface area (Å²) >= 11 is 3.04. The van der Waals surface area contributed by atoms with Crippen LogP contribution in [0.25, 0.3) is 0 Å². The molecular formula is C12H7BrF4O2. The molecule has 0 bridgehead atoms. The third-order valence-corrected chi connectivity index (χ3v) is 3.16. The maximum Gasteiger partial charge on any atom is 0.416 e. The number of halogens is 5. The van der Waals surface area contributed by atoms with E-state index < -0.39 is 29.2 Å². The van der Waals surface area contributed by atoms with Crippen molar-refractivity contribution in [3.63, 3.8) is 0 Å². The van der Waals surface area contributed by atoms with Gasteiger partial charge in [-0.1, -0.05) is 6.07 Å². The predicted molar refractivity (Wildman–Crippen MR) is 61.9 cm³/mol. The summed E-state index contributed by atoms with van der Waals surface area (Å²) in [6, 6.07) is 3.52. The lowest BCUT2D eigenvalue weighted by Gasteiger charge is -2.16. The van der Waals surface area contributed by atoms with Gasteiger partial charge in [0.1, 0.15) is 11.9 Å². The molecule has 19 heavy (non-hydrogen) atoms. The zero-order valence-electron chi connectivity index (χ0n) is 9.21. The summed E-state index contributed by atoms with van der Waals surface area (Å²) in [5.41, 5.74) is -1.70. The molecule has 0 aliphatic carbocycles. The molecule has 1 aromatic heterocycles. The van der Waals surface area contributed by atoms with Crippen molar-refractivity contribution >= 4 is 15.9 Å². The highest BCUT2D eigenvalue weighted by Crippen LogP contribution is 2.38. The van der Waals surface area contributed by atoms with Crippen LogP contribution in [-0.2, 0) is 6.18 Å². The molecule has 7 heteroatoms. The Kier molecular flexibility index (Phi) is 3.69. The highest BCUT2D eigenvalue weighted by Gasteiger charge is 2.36. The Labute approximate surface area is 113 Å². The van der Waals surface area contributed by atoms with Crippen LogP contribution in [0.4, 0.5) is 17.6 Å². The molecule has 0 fully saturated rings. The van der Waals surface area contributed by atoms with Gasteiger partial charge in [-0.2, -0.15) is 13.2 Å². The zero-order valence-corrected chi connectivity index (χ0v) is 10.8. The number of hydrogen-bond acceptors (Lipinski definition) is 2. The minimum atomic E-state index is -4.77. The van der Waals surface area contributed by atoms with Gasteiger partial charge in [0.05, 0.1) is 16.3 Å². The third kappa shape index (κ3) is 2.82. The zero-order chi connectivity index (χ0) is 14.2. The molecule has 2 rings (SSSR count). The standard InChI is InChI=1S/C12H7BrF4O2/c13-9-3-4-19-11(9)10(18)7-2-1-6(14)5-8(7)12(15,16)17/h1-5,10,18H. The minimum absolute atomic E-state index is 0.0721. The summed E-state index contributed by atoms with van der Waals surface area (Å²) in [7, 11) is 0. The molecule has 2 nitrogen and oxygen atoms in total. The Bertz CT molecular complexity index is 592. The van der Waals surface area contributed by atoms with Gasteiger partial charge in [0.25, 0.3) is 0 Å². The first-order valence-electron chi connectivity index (χ1n) is 5.08. The number of aliphatic hydroxyl groups is 1. The summed E-state index contributed by atoms with van der Waals surface area (Å²) < 4.78 is 56.6. The van der Waals surface area contributed by atoms with E-state index in [4.69, 9.17) is 4.42 Å². The van der Waals surface area contributed by atoms with E-state index in [-0.39, 0.29) is 5.76 Å². The van der Waals surface area contributed by atoms with Crippen molar-refractivity contribution in [2.75, 3.05) is 0 Å². The summed E-state index contributed by atoms with van der Waals surface area (Å²) in [6.45, 7) is 0. The van der Waals surface area contributed by atoms with Crippen molar-refractivity contribution in [3.8, 4) is 0 Å². The second-order valence-corrected chi connectivity index (χ2v) is 4.62. The minimum Gasteiger partial charge on any atom is -0.465 e. The van der Waals surface area contributed by atoms with Gasteiger partial charge in [0.2, 0.25) is 0 Å². The fraction of sp³-hybridized carbons (Fsp3) is 0.167. The topological polar surface area (TPSA) is 33.4 Å². The van der Waals surface area contributed by atoms with E-state index in [2.05, 4.69) is 15.9 Å². The highest BCUT2D eigenvalue weighted by molar-refractivity contribution is 9.10. The van der Waals surface area contributed by atoms with Crippen molar-refractivity contribution in [2.45, 2.75) is 12.3 Å². The molecule has 1 aromatic carbocycles. The van der Waals surface area contributed by atoms with Crippen molar-refractivity contribution in [1.82, 2.24) is 0 Å². The van der Waals surface area contributed by atoms with E-state index >= 15 is 0 Å². The fourth-order valence-electron chi connectivity index (χ4n) is 1.65. The first-order valence-corrected chi connectivity index (χ1v) is 5.87. The first-order chi connectivity index (χ1) is 8.80. The summed E-state index contributed by atoms with van der Waals surface area (Å²) in [5.74, 6) is -1.10. The van der Waals surface area contributed by atoms with E-state index in [1.165, 1.54) is 12.3 Å². The van der Waals surface area contributed by atoms with Crippen LogP contribution in [0.15, 0.2) is 39.4 Å². The van der Waals surface area contributed by atoms with Crippen LogP contribution in [0, 0.1) is 5.82 Å². The van der Waals surface area contributed by atoms with E-state index in [0.29, 0.717) is 10.5 Å². The normalized spacial score (nSPS) is 13.6. The second kappa shape index (κ2) is 4.97. The molecule has 2 aromatic rings. The smallest absolute Gasteiger partial charge is 0.416 e. The van der Waals surface area contributed by atoms with E-state index in [9.17, 15) is 22.7 Å². The predicted octanol–water partition coefficient (Wildman–Crippen LogP) is 4.28. The van der Waals surface area contributed by atoms with Gasteiger partial charge in [0.15, 0.2) is 5.76 Å². The van der Waals surface area contributed by atoms with Gasteiger partial charge >= 0.3 is 6.18 Å². The van der Waals surface area contributed by atoms with Crippen LogP contribution in [0.3, 0.4) is 0 Å². The monoisotopic (exact) mass is 338 g/mol. The molecule has 102 valence electrons. The van der Waals surface area contributed by atoms with E-state index in [0.717, 1.165) is 12.1 Å². The lowest BCUT2D eigenvalue weighted by molar-refractivity contribution is -0.139. The van der Waals surface area contributed by atoms with Crippen LogP contribution < -0.4 is 0 Å². The Morgan fingerprint density at radius 3 is 2.42 bits per heavy atom. The number of rotatable bonds is 2. The maximum absolute atomic E-state index is 12.9. The van der Waals surface area contributed by atoms with Crippen LogP contribution in [0.1, 0.15) is 23.0 Å². The molecule has 1 unspecified atom stereocenters. The largest absolute Gasteiger partial charge is 0.465 e. The van der Waals surface area contributed by atoms with Crippen molar-refractivity contribution < 1.29 is 27.1 Å². The van der Waals surface area contributed by atoms with Crippen LogP contribution in [0.2, 0.25) is 0 Å². The van der Waals surface area contributed by atoms with Crippen LogP contribution in [-0.4, -0.2) is 5.11 Å². The van der Waals surface area contributed by atoms with E-state index in [1.54, 1.807) is 0 Å². The fourth-order valence-corrected chi connectivity index (χ4v) is 2.07. The molecule has 0 radical (unpaired) electrons. The lowest BCUT2D eigenvalue weighted by atomic mass is 10.00. The molecule has 0 amide bonds. The van der Waals surface area contributed by atoms with Crippen molar-refractivity contribution in [2.24, 2.45) is 0 Å². The summed E-state index contributed by atoms with van der Waals surface area (Å²) in [4.78, 5) is 0. The SMILES string of the molecule is OC(c1ccc(F)cc1C(F)(F)F)c1occc1Br. The third-order valence-electron chi connectivity index (χ3n) is 2.51. The number of alkyl halides is 3. The highest BCUT2D eigenvalue weighted by atomic mass is 79.9. The van der Waals surface area contributed by atoms with Gasteiger partial charge in [-0.3, -0.25) is 0 Å². The molecule has 0 saturated carbocycles. The molecule has 1 N–H and O–H groups in total. The van der Waals surface area contributed by atoms with E-state index in [1.807, 2.05) is 0 Å². The molecule has 0 aliphatic heterocycles. The first kappa shape index (κ1) is 14.1. The molecule has 0 spiro atoms. The van der Waals surface area contributed by atoms with Gasteiger partial charge < -0.3 is 9.52 Å². The summed E-state index contributed by atoms with van der Waals surface area (Å²) in [5, 5.41) is 9.95. The Hall–Kier alpha value is -1.34. The number of furan rings is 1. The molecule has 1 heterocycles. The van der Waals surface area contributed by atoms with Crippen molar-refractivity contribution in [3.05, 3.63) is 57.7 Å². The lowest BCUT2D eigenvalue weighted by Crippen LogP contribution is -2.13. The number of aliphatic hydroxyl groups excluding tert-OH is 1. The van der Waals surface area contributed by atoms with Gasteiger partial charge in [-0.25, -0.2) is 4.39 Å².